The quantitative estimate of drug-likeness (QED) is 0.821. The molecule has 0 saturated carbocycles. The lowest BCUT2D eigenvalue weighted by Gasteiger charge is -2.24. The summed E-state index contributed by atoms with van der Waals surface area (Å²) in [5.74, 6) is 0.253. The van der Waals surface area contributed by atoms with E-state index in [1.807, 2.05) is 4.90 Å². The number of hydrogen-bond donors (Lipinski definition) is 1. The summed E-state index contributed by atoms with van der Waals surface area (Å²) in [6.45, 7) is 8.53. The van der Waals surface area contributed by atoms with Crippen LogP contribution in [0.5, 0.6) is 0 Å². The van der Waals surface area contributed by atoms with Gasteiger partial charge in [-0.1, -0.05) is 27.2 Å². The van der Waals surface area contributed by atoms with Gasteiger partial charge in [-0.2, -0.15) is 0 Å². The van der Waals surface area contributed by atoms with Gasteiger partial charge < -0.3 is 10.6 Å². The first-order valence-corrected chi connectivity index (χ1v) is 6.98. The van der Waals surface area contributed by atoms with Crippen molar-refractivity contribution in [3.8, 4) is 0 Å². The lowest BCUT2D eigenvalue weighted by atomic mass is 9.85. The second kappa shape index (κ2) is 6.39. The van der Waals surface area contributed by atoms with Gasteiger partial charge in [-0.25, -0.2) is 0 Å². The molecule has 1 unspecified atom stereocenters. The predicted octanol–water partition coefficient (Wildman–Crippen LogP) is 2.54. The molecule has 1 rings (SSSR count). The van der Waals surface area contributed by atoms with Gasteiger partial charge in [0.1, 0.15) is 0 Å². The summed E-state index contributed by atoms with van der Waals surface area (Å²) >= 11 is 0. The van der Waals surface area contributed by atoms with Crippen molar-refractivity contribution in [3.63, 3.8) is 0 Å². The molecule has 3 nitrogen and oxygen atoms in total. The summed E-state index contributed by atoms with van der Waals surface area (Å²) in [7, 11) is 0. The molecule has 1 atom stereocenters. The van der Waals surface area contributed by atoms with Crippen LogP contribution in [-0.2, 0) is 4.79 Å². The highest BCUT2D eigenvalue weighted by Crippen LogP contribution is 2.29. The highest BCUT2D eigenvalue weighted by atomic mass is 16.2. The van der Waals surface area contributed by atoms with E-state index in [9.17, 15) is 4.79 Å². The molecule has 100 valence electrons. The molecule has 17 heavy (non-hydrogen) atoms. The smallest absolute Gasteiger partial charge is 0.224 e. The fourth-order valence-corrected chi connectivity index (χ4v) is 2.50. The van der Waals surface area contributed by atoms with E-state index >= 15 is 0 Å². The Bertz CT molecular complexity index is 251. The molecule has 3 heteroatoms. The molecule has 0 aromatic rings. The van der Waals surface area contributed by atoms with Crippen LogP contribution >= 0.6 is 0 Å². The van der Waals surface area contributed by atoms with Crippen molar-refractivity contribution < 1.29 is 4.79 Å². The minimum absolute atomic E-state index is 0.0452. The van der Waals surface area contributed by atoms with Crippen LogP contribution in [0.15, 0.2) is 0 Å². The number of rotatable bonds is 4. The number of carbonyl (C=O) groups is 1. The number of hydrogen-bond acceptors (Lipinski definition) is 2. The van der Waals surface area contributed by atoms with Crippen molar-refractivity contribution in [3.05, 3.63) is 0 Å². The van der Waals surface area contributed by atoms with E-state index < -0.39 is 0 Å². The van der Waals surface area contributed by atoms with Crippen LogP contribution in [0.3, 0.4) is 0 Å². The largest absolute Gasteiger partial charge is 0.343 e. The maximum Gasteiger partial charge on any atom is 0.224 e. The van der Waals surface area contributed by atoms with Gasteiger partial charge >= 0.3 is 0 Å². The molecular formula is C14H28N2O. The average Bonchev–Trinajstić information content (AvgIpc) is 2.39. The van der Waals surface area contributed by atoms with Crippen LogP contribution in [0.2, 0.25) is 0 Å². The molecule has 1 amide bonds. The maximum atomic E-state index is 12.1. The molecule has 0 radical (unpaired) electrons. The average molecular weight is 240 g/mol. The summed E-state index contributed by atoms with van der Waals surface area (Å²) in [4.78, 5) is 14.1. The van der Waals surface area contributed by atoms with E-state index in [1.165, 1.54) is 6.42 Å². The first kappa shape index (κ1) is 14.5. The normalized spacial score (nSPS) is 22.0. The van der Waals surface area contributed by atoms with Crippen molar-refractivity contribution >= 4 is 5.91 Å². The van der Waals surface area contributed by atoms with Crippen molar-refractivity contribution in [2.45, 2.75) is 65.3 Å². The number of nitrogens with two attached hydrogens (primary N) is 1. The second-order valence-electron chi connectivity index (χ2n) is 6.15. The Morgan fingerprint density at radius 3 is 2.71 bits per heavy atom. The zero-order chi connectivity index (χ0) is 12.9. The summed E-state index contributed by atoms with van der Waals surface area (Å²) in [6.07, 6.45) is 5.99. The fraction of sp³-hybridized carbons (Fsp3) is 0.929. The van der Waals surface area contributed by atoms with E-state index in [1.54, 1.807) is 0 Å². The Balaban J connectivity index is 2.41. The van der Waals surface area contributed by atoms with Crippen molar-refractivity contribution in [1.29, 1.82) is 0 Å². The van der Waals surface area contributed by atoms with Crippen LogP contribution in [0.25, 0.3) is 0 Å². The van der Waals surface area contributed by atoms with Crippen molar-refractivity contribution in [1.82, 2.24) is 4.90 Å². The van der Waals surface area contributed by atoms with Gasteiger partial charge in [-0.05, 0) is 31.1 Å². The van der Waals surface area contributed by atoms with E-state index in [-0.39, 0.29) is 11.9 Å². The number of amides is 1. The third kappa shape index (κ3) is 5.07. The van der Waals surface area contributed by atoms with E-state index in [2.05, 4.69) is 20.8 Å². The molecule has 1 saturated heterocycles. The van der Waals surface area contributed by atoms with Gasteiger partial charge in [0.05, 0.1) is 0 Å². The van der Waals surface area contributed by atoms with Crippen LogP contribution in [-0.4, -0.2) is 29.9 Å². The van der Waals surface area contributed by atoms with Gasteiger partial charge in [-0.3, -0.25) is 4.79 Å². The summed E-state index contributed by atoms with van der Waals surface area (Å²) in [5.41, 5.74) is 6.33. The van der Waals surface area contributed by atoms with Gasteiger partial charge in [0.25, 0.3) is 0 Å². The van der Waals surface area contributed by atoms with Crippen LogP contribution in [0.1, 0.15) is 59.3 Å². The van der Waals surface area contributed by atoms with Crippen LogP contribution in [0.4, 0.5) is 0 Å². The predicted molar refractivity (Wildman–Crippen MR) is 71.7 cm³/mol. The van der Waals surface area contributed by atoms with Gasteiger partial charge in [0, 0.05) is 25.6 Å². The van der Waals surface area contributed by atoms with Gasteiger partial charge in [-0.15, -0.1) is 0 Å². The van der Waals surface area contributed by atoms with Crippen LogP contribution in [0, 0.1) is 5.41 Å². The molecule has 1 heterocycles. The van der Waals surface area contributed by atoms with Gasteiger partial charge in [0.2, 0.25) is 5.91 Å². The molecule has 0 aliphatic carbocycles. The minimum atomic E-state index is 0.0452. The molecule has 1 aliphatic heterocycles. The Labute approximate surface area is 106 Å². The standard InChI is InChI=1S/C14H28N2O/c1-4-6-12(15)11-13(17)16-9-5-7-14(2,3)8-10-16/h12H,4-11,15H2,1-3H3. The molecule has 0 spiro atoms. The topological polar surface area (TPSA) is 46.3 Å². The number of nitrogens with zero attached hydrogens (tertiary/aromatic N) is 1. The third-order valence-electron chi connectivity index (χ3n) is 3.79. The molecule has 0 aromatic carbocycles. The molecule has 0 bridgehead atoms. The second-order valence-corrected chi connectivity index (χ2v) is 6.15. The minimum Gasteiger partial charge on any atom is -0.343 e. The van der Waals surface area contributed by atoms with Crippen LogP contribution < -0.4 is 5.73 Å². The Morgan fingerprint density at radius 2 is 2.06 bits per heavy atom. The lowest BCUT2D eigenvalue weighted by Crippen LogP contribution is -2.36. The third-order valence-corrected chi connectivity index (χ3v) is 3.79. The zero-order valence-electron chi connectivity index (χ0n) is 11.7. The number of carbonyl (C=O) groups excluding carboxylic acids is 1. The lowest BCUT2D eigenvalue weighted by molar-refractivity contribution is -0.131. The van der Waals surface area contributed by atoms with Gasteiger partial charge in [0.15, 0.2) is 0 Å². The maximum absolute atomic E-state index is 12.1. The van der Waals surface area contributed by atoms with E-state index in [0.717, 1.165) is 38.8 Å². The summed E-state index contributed by atoms with van der Waals surface area (Å²) < 4.78 is 0. The zero-order valence-corrected chi connectivity index (χ0v) is 11.7. The highest BCUT2D eigenvalue weighted by molar-refractivity contribution is 5.76. The SMILES string of the molecule is CCCC(N)CC(=O)N1CCCC(C)(C)CC1. The molecule has 1 aliphatic rings. The van der Waals surface area contributed by atoms with Crippen molar-refractivity contribution in [2.75, 3.05) is 13.1 Å². The monoisotopic (exact) mass is 240 g/mol. The molecule has 2 N–H and O–H groups in total. The molecule has 1 fully saturated rings. The van der Waals surface area contributed by atoms with E-state index in [0.29, 0.717) is 11.8 Å². The van der Waals surface area contributed by atoms with E-state index in [4.69, 9.17) is 5.73 Å². The fourth-order valence-electron chi connectivity index (χ4n) is 2.50. The molecule has 0 aromatic heterocycles. The first-order valence-electron chi connectivity index (χ1n) is 6.98. The van der Waals surface area contributed by atoms with Crippen molar-refractivity contribution in [2.24, 2.45) is 11.1 Å². The Kier molecular flexibility index (Phi) is 5.44. The Hall–Kier alpha value is -0.570. The summed E-state index contributed by atoms with van der Waals surface area (Å²) in [6, 6.07) is 0.0452. The Morgan fingerprint density at radius 1 is 1.35 bits per heavy atom. The first-order chi connectivity index (χ1) is 7.94. The summed E-state index contributed by atoms with van der Waals surface area (Å²) in [5, 5.41) is 0. The molecular weight excluding hydrogens is 212 g/mol. The highest BCUT2D eigenvalue weighted by Gasteiger charge is 2.25. The number of likely N-dealkylation sites (tertiary alicyclic amines) is 1.